The first-order valence-corrected chi connectivity index (χ1v) is 9.09. The summed E-state index contributed by atoms with van der Waals surface area (Å²) in [5.41, 5.74) is 0.663. The van der Waals surface area contributed by atoms with Gasteiger partial charge in [0.2, 0.25) is 0 Å². The van der Waals surface area contributed by atoms with E-state index in [1.165, 1.54) is 12.8 Å². The quantitative estimate of drug-likeness (QED) is 0.856. The van der Waals surface area contributed by atoms with E-state index in [1.807, 2.05) is 12.1 Å². The monoisotopic (exact) mass is 332 g/mol. The number of rotatable bonds is 6. The fourth-order valence-corrected chi connectivity index (χ4v) is 3.55. The van der Waals surface area contributed by atoms with Crippen LogP contribution in [0.15, 0.2) is 18.3 Å². The van der Waals surface area contributed by atoms with Crippen molar-refractivity contribution in [2.45, 2.75) is 32.2 Å². The van der Waals surface area contributed by atoms with Crippen molar-refractivity contribution in [3.8, 4) is 0 Å². The second-order valence-corrected chi connectivity index (χ2v) is 6.49. The van der Waals surface area contributed by atoms with E-state index in [0.29, 0.717) is 31.4 Å². The standard InChI is InChI=1S/C18H28N4O2/c1-2-15(21-8-3-4-9-21)14-20-18(23)16-6-5-7-19-17(16)22-10-12-24-13-11-22/h5-7,15H,2-4,8-14H2,1H3,(H,20,23)/t15-/m0/s1. The van der Waals surface area contributed by atoms with Crippen LogP contribution in [0, 0.1) is 0 Å². The normalized spacial score (nSPS) is 20.1. The topological polar surface area (TPSA) is 57.7 Å². The third-order valence-electron chi connectivity index (χ3n) is 4.97. The molecule has 2 fully saturated rings. The van der Waals surface area contributed by atoms with Crippen LogP contribution < -0.4 is 10.2 Å². The van der Waals surface area contributed by atoms with Crippen LogP contribution in [-0.4, -0.2) is 67.8 Å². The van der Waals surface area contributed by atoms with Crippen molar-refractivity contribution in [2.75, 3.05) is 50.8 Å². The molecule has 0 bridgehead atoms. The number of amides is 1. The van der Waals surface area contributed by atoms with E-state index in [2.05, 4.69) is 27.0 Å². The maximum atomic E-state index is 12.7. The smallest absolute Gasteiger partial charge is 0.255 e. The average molecular weight is 332 g/mol. The number of ether oxygens (including phenoxy) is 1. The van der Waals surface area contributed by atoms with E-state index in [9.17, 15) is 4.79 Å². The predicted molar refractivity (Wildman–Crippen MR) is 94.5 cm³/mol. The van der Waals surface area contributed by atoms with Gasteiger partial charge < -0.3 is 15.0 Å². The SMILES string of the molecule is CC[C@@H](CNC(=O)c1cccnc1N1CCOCC1)N1CCCC1. The number of hydrogen-bond acceptors (Lipinski definition) is 5. The van der Waals surface area contributed by atoms with Crippen molar-refractivity contribution < 1.29 is 9.53 Å². The van der Waals surface area contributed by atoms with Gasteiger partial charge in [-0.3, -0.25) is 9.69 Å². The van der Waals surface area contributed by atoms with Crippen molar-refractivity contribution >= 4 is 11.7 Å². The second kappa shape index (κ2) is 8.44. The van der Waals surface area contributed by atoms with Crippen molar-refractivity contribution in [1.82, 2.24) is 15.2 Å². The van der Waals surface area contributed by atoms with Gasteiger partial charge in [0.05, 0.1) is 18.8 Å². The summed E-state index contributed by atoms with van der Waals surface area (Å²) < 4.78 is 5.40. The molecular weight excluding hydrogens is 304 g/mol. The summed E-state index contributed by atoms with van der Waals surface area (Å²) in [6, 6.07) is 4.13. The van der Waals surface area contributed by atoms with Crippen LogP contribution in [0.4, 0.5) is 5.82 Å². The van der Waals surface area contributed by atoms with Crippen molar-refractivity contribution in [1.29, 1.82) is 0 Å². The number of nitrogens with zero attached hydrogens (tertiary/aromatic N) is 3. The number of pyridine rings is 1. The number of morpholine rings is 1. The van der Waals surface area contributed by atoms with E-state index < -0.39 is 0 Å². The highest BCUT2D eigenvalue weighted by molar-refractivity contribution is 5.98. The molecule has 0 spiro atoms. The van der Waals surface area contributed by atoms with Crippen LogP contribution in [0.5, 0.6) is 0 Å². The van der Waals surface area contributed by atoms with Gasteiger partial charge in [-0.1, -0.05) is 6.92 Å². The molecule has 1 atom stereocenters. The minimum Gasteiger partial charge on any atom is -0.378 e. The first-order chi connectivity index (χ1) is 11.8. The predicted octanol–water partition coefficient (Wildman–Crippen LogP) is 1.52. The van der Waals surface area contributed by atoms with Gasteiger partial charge in [0.15, 0.2) is 0 Å². The number of anilines is 1. The summed E-state index contributed by atoms with van der Waals surface area (Å²) in [6.07, 6.45) is 5.35. The van der Waals surface area contributed by atoms with Crippen LogP contribution in [0.25, 0.3) is 0 Å². The summed E-state index contributed by atoms with van der Waals surface area (Å²) in [6.45, 7) is 8.13. The highest BCUT2D eigenvalue weighted by Crippen LogP contribution is 2.19. The van der Waals surface area contributed by atoms with Crippen molar-refractivity contribution in [3.63, 3.8) is 0 Å². The third kappa shape index (κ3) is 4.05. The van der Waals surface area contributed by atoms with Crippen LogP contribution in [0.2, 0.25) is 0 Å². The lowest BCUT2D eigenvalue weighted by atomic mass is 10.1. The molecule has 0 unspecified atom stereocenters. The molecule has 24 heavy (non-hydrogen) atoms. The molecule has 0 aromatic carbocycles. The summed E-state index contributed by atoms with van der Waals surface area (Å²) in [5, 5.41) is 3.13. The van der Waals surface area contributed by atoms with Gasteiger partial charge >= 0.3 is 0 Å². The van der Waals surface area contributed by atoms with Gasteiger partial charge in [-0.05, 0) is 44.5 Å². The molecule has 1 aromatic heterocycles. The van der Waals surface area contributed by atoms with Gasteiger partial charge in [-0.2, -0.15) is 0 Å². The molecule has 3 rings (SSSR count). The molecular formula is C18H28N4O2. The Morgan fingerprint density at radius 3 is 2.75 bits per heavy atom. The number of aromatic nitrogens is 1. The molecule has 132 valence electrons. The molecule has 0 radical (unpaired) electrons. The average Bonchev–Trinajstić information content (AvgIpc) is 3.17. The van der Waals surface area contributed by atoms with Crippen molar-refractivity contribution in [3.05, 3.63) is 23.9 Å². The second-order valence-electron chi connectivity index (χ2n) is 6.49. The van der Waals surface area contributed by atoms with E-state index in [0.717, 1.165) is 38.4 Å². The summed E-state index contributed by atoms with van der Waals surface area (Å²) >= 11 is 0. The van der Waals surface area contributed by atoms with Gasteiger partial charge in [-0.15, -0.1) is 0 Å². The van der Waals surface area contributed by atoms with Gasteiger partial charge in [0, 0.05) is 31.9 Å². The summed E-state index contributed by atoms with van der Waals surface area (Å²) in [7, 11) is 0. The summed E-state index contributed by atoms with van der Waals surface area (Å²) in [4.78, 5) is 21.8. The van der Waals surface area contributed by atoms with Crippen LogP contribution in [0.3, 0.4) is 0 Å². The van der Waals surface area contributed by atoms with E-state index >= 15 is 0 Å². The molecule has 0 saturated carbocycles. The number of carbonyl (C=O) groups is 1. The number of nitrogens with one attached hydrogen (secondary N) is 1. The largest absolute Gasteiger partial charge is 0.378 e. The molecule has 1 N–H and O–H groups in total. The van der Waals surface area contributed by atoms with Crippen LogP contribution in [0.1, 0.15) is 36.5 Å². The molecule has 6 heteroatoms. The number of carbonyl (C=O) groups excluding carboxylic acids is 1. The minimum absolute atomic E-state index is 0.0257. The zero-order chi connectivity index (χ0) is 16.8. The van der Waals surface area contributed by atoms with E-state index in [4.69, 9.17) is 4.74 Å². The maximum Gasteiger partial charge on any atom is 0.255 e. The first-order valence-electron chi connectivity index (χ1n) is 9.09. The van der Waals surface area contributed by atoms with Gasteiger partial charge in [-0.25, -0.2) is 4.98 Å². The minimum atomic E-state index is -0.0257. The van der Waals surface area contributed by atoms with Gasteiger partial charge in [0.25, 0.3) is 5.91 Å². The number of hydrogen-bond donors (Lipinski definition) is 1. The molecule has 2 saturated heterocycles. The zero-order valence-electron chi connectivity index (χ0n) is 14.5. The Bertz CT molecular complexity index is 540. The van der Waals surface area contributed by atoms with Gasteiger partial charge in [0.1, 0.15) is 5.82 Å². The van der Waals surface area contributed by atoms with E-state index in [1.54, 1.807) is 6.20 Å². The number of likely N-dealkylation sites (tertiary alicyclic amines) is 1. The Morgan fingerprint density at radius 2 is 2.04 bits per heavy atom. The molecule has 6 nitrogen and oxygen atoms in total. The van der Waals surface area contributed by atoms with Crippen LogP contribution in [-0.2, 0) is 4.74 Å². The Balaban J connectivity index is 1.64. The zero-order valence-corrected chi connectivity index (χ0v) is 14.5. The molecule has 0 aliphatic carbocycles. The molecule has 2 aliphatic rings. The summed E-state index contributed by atoms with van der Waals surface area (Å²) in [5.74, 6) is 0.745. The first kappa shape index (κ1) is 17.2. The Labute approximate surface area is 144 Å². The molecule has 2 aliphatic heterocycles. The van der Waals surface area contributed by atoms with E-state index in [-0.39, 0.29) is 5.91 Å². The fourth-order valence-electron chi connectivity index (χ4n) is 3.55. The molecule has 1 aromatic rings. The lowest BCUT2D eigenvalue weighted by molar-refractivity contribution is 0.0935. The highest BCUT2D eigenvalue weighted by atomic mass is 16.5. The highest BCUT2D eigenvalue weighted by Gasteiger charge is 2.23. The molecule has 3 heterocycles. The maximum absolute atomic E-state index is 12.7. The lowest BCUT2D eigenvalue weighted by Crippen LogP contribution is -2.43. The Morgan fingerprint density at radius 1 is 1.29 bits per heavy atom. The third-order valence-corrected chi connectivity index (χ3v) is 4.97. The van der Waals surface area contributed by atoms with Crippen LogP contribution >= 0.6 is 0 Å². The Hall–Kier alpha value is -1.66. The molecule has 1 amide bonds. The fraction of sp³-hybridized carbons (Fsp3) is 0.667. The van der Waals surface area contributed by atoms with Crippen molar-refractivity contribution in [2.24, 2.45) is 0 Å². The Kier molecular flexibility index (Phi) is 6.04. The lowest BCUT2D eigenvalue weighted by Gasteiger charge is -2.29.